The molecule has 0 bridgehead atoms. The Morgan fingerprint density at radius 3 is 2.55 bits per heavy atom. The highest BCUT2D eigenvalue weighted by atomic mass is 16.3. The van der Waals surface area contributed by atoms with Crippen LogP contribution in [0.4, 0.5) is 0 Å². The van der Waals surface area contributed by atoms with Crippen LogP contribution in [0, 0.1) is 11.3 Å². The average Bonchev–Trinajstić information content (AvgIpc) is 2.84. The summed E-state index contributed by atoms with van der Waals surface area (Å²) in [7, 11) is 0. The van der Waals surface area contributed by atoms with Crippen molar-refractivity contribution in [2.24, 2.45) is 11.3 Å². The van der Waals surface area contributed by atoms with Crippen LogP contribution in [0.3, 0.4) is 0 Å². The molecule has 2 unspecified atom stereocenters. The van der Waals surface area contributed by atoms with Crippen molar-refractivity contribution in [3.63, 3.8) is 0 Å². The minimum atomic E-state index is -0.106. The molecule has 0 saturated heterocycles. The van der Waals surface area contributed by atoms with Crippen molar-refractivity contribution in [3.05, 3.63) is 35.4 Å². The summed E-state index contributed by atoms with van der Waals surface area (Å²) < 4.78 is 0. The van der Waals surface area contributed by atoms with E-state index < -0.39 is 0 Å². The first-order valence-corrected chi connectivity index (χ1v) is 8.36. The molecule has 0 aliphatic heterocycles. The Balaban J connectivity index is 1.68. The van der Waals surface area contributed by atoms with Gasteiger partial charge in [0.15, 0.2) is 0 Å². The molecule has 0 radical (unpaired) electrons. The second-order valence-corrected chi connectivity index (χ2v) is 7.52. The highest BCUT2D eigenvalue weighted by Gasteiger charge is 2.42. The van der Waals surface area contributed by atoms with Gasteiger partial charge in [0.2, 0.25) is 0 Å². The van der Waals surface area contributed by atoms with Gasteiger partial charge in [-0.2, -0.15) is 0 Å². The van der Waals surface area contributed by atoms with E-state index in [1.807, 2.05) is 0 Å². The van der Waals surface area contributed by atoms with Crippen LogP contribution in [0.25, 0.3) is 0 Å². The van der Waals surface area contributed by atoms with Gasteiger partial charge in [-0.3, -0.25) is 0 Å². The summed E-state index contributed by atoms with van der Waals surface area (Å²) in [6.45, 7) is 4.59. The van der Waals surface area contributed by atoms with Gasteiger partial charge in [0.25, 0.3) is 0 Å². The van der Waals surface area contributed by atoms with Crippen LogP contribution in [0.1, 0.15) is 69.4 Å². The number of hydrogen-bond acceptors (Lipinski definition) is 1. The topological polar surface area (TPSA) is 20.2 Å². The summed E-state index contributed by atoms with van der Waals surface area (Å²) in [5.74, 6) is 1.29. The standard InChI is InChI=1S/C19H28O/c1-14(2)13-19(9-5-6-10-19)18(20)12-16-11-15-7-3-4-8-17(15)16/h3-4,7-8,14,16,18,20H,5-6,9-13H2,1-2H3. The van der Waals surface area contributed by atoms with Gasteiger partial charge in [-0.15, -0.1) is 0 Å². The summed E-state index contributed by atoms with van der Waals surface area (Å²) >= 11 is 0. The fourth-order valence-corrected chi connectivity index (χ4v) is 4.66. The molecule has 1 heteroatoms. The SMILES string of the molecule is CC(C)CC1(C(O)CC2Cc3ccccc32)CCCC1. The normalized spacial score (nSPS) is 25.3. The first-order chi connectivity index (χ1) is 9.61. The summed E-state index contributed by atoms with van der Waals surface area (Å²) in [6.07, 6.45) is 8.33. The molecule has 2 aliphatic carbocycles. The Labute approximate surface area is 123 Å². The van der Waals surface area contributed by atoms with Gasteiger partial charge in [-0.1, -0.05) is 51.0 Å². The maximum Gasteiger partial charge on any atom is 0.0602 e. The second kappa shape index (κ2) is 5.52. The van der Waals surface area contributed by atoms with E-state index in [4.69, 9.17) is 0 Å². The van der Waals surface area contributed by atoms with Crippen LogP contribution < -0.4 is 0 Å². The van der Waals surface area contributed by atoms with Gasteiger partial charge in [-0.05, 0) is 60.5 Å². The van der Waals surface area contributed by atoms with Crippen molar-refractivity contribution in [2.75, 3.05) is 0 Å². The lowest BCUT2D eigenvalue weighted by Crippen LogP contribution is -2.36. The number of aliphatic hydroxyl groups is 1. The number of fused-ring (bicyclic) bond motifs is 1. The van der Waals surface area contributed by atoms with E-state index in [1.165, 1.54) is 49.7 Å². The lowest BCUT2D eigenvalue weighted by atomic mass is 9.67. The van der Waals surface area contributed by atoms with Crippen LogP contribution in [0.5, 0.6) is 0 Å². The number of benzene rings is 1. The van der Waals surface area contributed by atoms with E-state index in [2.05, 4.69) is 38.1 Å². The third-order valence-electron chi connectivity index (χ3n) is 5.59. The molecule has 0 heterocycles. The van der Waals surface area contributed by atoms with Crippen molar-refractivity contribution >= 4 is 0 Å². The van der Waals surface area contributed by atoms with Crippen LogP contribution in [0.15, 0.2) is 24.3 Å². The fourth-order valence-electron chi connectivity index (χ4n) is 4.66. The third-order valence-corrected chi connectivity index (χ3v) is 5.59. The summed E-state index contributed by atoms with van der Waals surface area (Å²) in [4.78, 5) is 0. The zero-order valence-corrected chi connectivity index (χ0v) is 12.9. The lowest BCUT2D eigenvalue weighted by Gasteiger charge is -2.40. The largest absolute Gasteiger partial charge is 0.393 e. The van der Waals surface area contributed by atoms with E-state index in [0.29, 0.717) is 11.8 Å². The van der Waals surface area contributed by atoms with Gasteiger partial charge in [-0.25, -0.2) is 0 Å². The monoisotopic (exact) mass is 272 g/mol. The molecule has 1 fully saturated rings. The number of rotatable bonds is 5. The van der Waals surface area contributed by atoms with Crippen molar-refractivity contribution in [1.82, 2.24) is 0 Å². The summed E-state index contributed by atoms with van der Waals surface area (Å²) in [5, 5.41) is 10.9. The van der Waals surface area contributed by atoms with Crippen molar-refractivity contribution < 1.29 is 5.11 Å². The molecular weight excluding hydrogens is 244 g/mol. The molecule has 2 aliphatic rings. The van der Waals surface area contributed by atoms with Crippen molar-refractivity contribution in [2.45, 2.75) is 70.8 Å². The Morgan fingerprint density at radius 2 is 1.90 bits per heavy atom. The summed E-state index contributed by atoms with van der Waals surface area (Å²) in [6, 6.07) is 8.75. The van der Waals surface area contributed by atoms with Crippen LogP contribution in [0.2, 0.25) is 0 Å². The molecule has 1 nitrogen and oxygen atoms in total. The first kappa shape index (κ1) is 14.1. The van der Waals surface area contributed by atoms with Gasteiger partial charge in [0.05, 0.1) is 6.10 Å². The molecule has 0 aromatic heterocycles. The minimum Gasteiger partial charge on any atom is -0.393 e. The molecule has 0 amide bonds. The highest BCUT2D eigenvalue weighted by molar-refractivity contribution is 5.39. The van der Waals surface area contributed by atoms with E-state index in [-0.39, 0.29) is 11.5 Å². The van der Waals surface area contributed by atoms with E-state index in [9.17, 15) is 5.11 Å². The Bertz CT molecular complexity index is 457. The molecule has 0 spiro atoms. The molecule has 2 atom stereocenters. The minimum absolute atomic E-state index is 0.106. The molecule has 3 rings (SSSR count). The zero-order chi connectivity index (χ0) is 14.2. The second-order valence-electron chi connectivity index (χ2n) is 7.52. The summed E-state index contributed by atoms with van der Waals surface area (Å²) in [5.41, 5.74) is 3.21. The fraction of sp³-hybridized carbons (Fsp3) is 0.684. The lowest BCUT2D eigenvalue weighted by molar-refractivity contribution is 0.000844. The molecule has 1 N–H and O–H groups in total. The molecule has 110 valence electrons. The Morgan fingerprint density at radius 1 is 1.20 bits per heavy atom. The van der Waals surface area contributed by atoms with E-state index in [1.54, 1.807) is 0 Å². The predicted molar refractivity (Wildman–Crippen MR) is 83.9 cm³/mol. The van der Waals surface area contributed by atoms with Crippen molar-refractivity contribution in [3.8, 4) is 0 Å². The van der Waals surface area contributed by atoms with Crippen LogP contribution in [-0.2, 0) is 6.42 Å². The van der Waals surface area contributed by atoms with Gasteiger partial charge < -0.3 is 5.11 Å². The third kappa shape index (κ3) is 2.53. The van der Waals surface area contributed by atoms with Gasteiger partial charge in [0.1, 0.15) is 0 Å². The maximum absolute atomic E-state index is 10.9. The van der Waals surface area contributed by atoms with E-state index in [0.717, 1.165) is 6.42 Å². The first-order valence-electron chi connectivity index (χ1n) is 8.36. The maximum atomic E-state index is 10.9. The Kier molecular flexibility index (Phi) is 3.90. The molecule has 1 aromatic rings. The van der Waals surface area contributed by atoms with Gasteiger partial charge in [0, 0.05) is 0 Å². The van der Waals surface area contributed by atoms with E-state index >= 15 is 0 Å². The Hall–Kier alpha value is -0.820. The molecule has 20 heavy (non-hydrogen) atoms. The molecule has 1 aromatic carbocycles. The number of hydrogen-bond donors (Lipinski definition) is 1. The molecular formula is C19H28O. The van der Waals surface area contributed by atoms with Crippen LogP contribution in [-0.4, -0.2) is 11.2 Å². The molecule has 1 saturated carbocycles. The smallest absolute Gasteiger partial charge is 0.0602 e. The quantitative estimate of drug-likeness (QED) is 0.825. The van der Waals surface area contributed by atoms with Gasteiger partial charge >= 0.3 is 0 Å². The van der Waals surface area contributed by atoms with Crippen molar-refractivity contribution in [1.29, 1.82) is 0 Å². The zero-order valence-electron chi connectivity index (χ0n) is 12.9. The number of aliphatic hydroxyl groups excluding tert-OH is 1. The predicted octanol–water partition coefficient (Wildman–Crippen LogP) is 4.68. The van der Waals surface area contributed by atoms with Crippen LogP contribution >= 0.6 is 0 Å². The average molecular weight is 272 g/mol. The highest BCUT2D eigenvalue weighted by Crippen LogP contribution is 2.49.